The zero-order valence-corrected chi connectivity index (χ0v) is 22.8. The number of carbonyl (C=O) groups excluding carboxylic acids is 1. The molecule has 0 bridgehead atoms. The molecule has 0 radical (unpaired) electrons. The Morgan fingerprint density at radius 1 is 1.05 bits per heavy atom. The number of ketones is 1. The first kappa shape index (κ1) is 29.4. The SMILES string of the molecule is CN/C=C(\C(=N)C(=O)C(Nc1cc(OC)cc(OCCCS(C)(=O)=O)c1)c1ccc(F)cc1)c1ccccc1. The van der Waals surface area contributed by atoms with E-state index in [-0.39, 0.29) is 18.1 Å². The second kappa shape index (κ2) is 13.6. The number of benzene rings is 3. The number of rotatable bonds is 14. The Labute approximate surface area is 228 Å². The van der Waals surface area contributed by atoms with Crippen molar-refractivity contribution >= 4 is 32.6 Å². The molecule has 0 saturated carbocycles. The topological polar surface area (TPSA) is 118 Å². The molecule has 0 heterocycles. The minimum absolute atomic E-state index is 0.00475. The summed E-state index contributed by atoms with van der Waals surface area (Å²) in [5.74, 6) is -0.143. The van der Waals surface area contributed by atoms with Crippen LogP contribution in [0.5, 0.6) is 11.5 Å². The number of hydrogen-bond donors (Lipinski definition) is 3. The van der Waals surface area contributed by atoms with Gasteiger partial charge in [-0.05, 0) is 29.7 Å². The van der Waals surface area contributed by atoms with Gasteiger partial charge in [-0.2, -0.15) is 0 Å². The Bertz CT molecular complexity index is 1430. The van der Waals surface area contributed by atoms with E-state index in [0.29, 0.717) is 40.3 Å². The predicted octanol–water partition coefficient (Wildman–Crippen LogP) is 4.65. The molecule has 0 aliphatic heterocycles. The zero-order valence-electron chi connectivity index (χ0n) is 22.0. The molecule has 0 aromatic heterocycles. The predicted molar refractivity (Wildman–Crippen MR) is 152 cm³/mol. The normalized spacial score (nSPS) is 12.4. The quantitative estimate of drug-likeness (QED) is 0.196. The monoisotopic (exact) mass is 553 g/mol. The molecule has 3 aromatic carbocycles. The molecule has 1 atom stereocenters. The summed E-state index contributed by atoms with van der Waals surface area (Å²) in [4.78, 5) is 13.8. The molecular weight excluding hydrogens is 521 g/mol. The Morgan fingerprint density at radius 3 is 2.33 bits per heavy atom. The molecule has 0 amide bonds. The fraction of sp³-hybridized carbons (Fsp3) is 0.241. The van der Waals surface area contributed by atoms with Crippen LogP contribution in [-0.2, 0) is 14.6 Å². The van der Waals surface area contributed by atoms with Crippen LogP contribution in [0.4, 0.5) is 10.1 Å². The van der Waals surface area contributed by atoms with Crippen LogP contribution < -0.4 is 20.1 Å². The second-order valence-corrected chi connectivity index (χ2v) is 11.1. The van der Waals surface area contributed by atoms with Gasteiger partial charge < -0.3 is 20.1 Å². The fourth-order valence-corrected chi connectivity index (χ4v) is 4.47. The third kappa shape index (κ3) is 8.68. The van der Waals surface area contributed by atoms with Gasteiger partial charge in [-0.25, -0.2) is 12.8 Å². The number of methoxy groups -OCH3 is 1. The highest BCUT2D eigenvalue weighted by atomic mass is 32.2. The van der Waals surface area contributed by atoms with E-state index in [2.05, 4.69) is 10.6 Å². The number of hydrogen-bond acceptors (Lipinski definition) is 8. The Kier molecular flexibility index (Phi) is 10.2. The Balaban J connectivity index is 1.93. The summed E-state index contributed by atoms with van der Waals surface area (Å²) in [6, 6.07) is 18.5. The largest absolute Gasteiger partial charge is 0.497 e. The van der Waals surface area contributed by atoms with Crippen molar-refractivity contribution in [1.29, 1.82) is 5.41 Å². The lowest BCUT2D eigenvalue weighted by Gasteiger charge is -2.22. The van der Waals surface area contributed by atoms with Gasteiger partial charge in [-0.1, -0.05) is 42.5 Å². The van der Waals surface area contributed by atoms with Crippen LogP contribution in [0.15, 0.2) is 79.0 Å². The van der Waals surface area contributed by atoms with E-state index < -0.39 is 27.5 Å². The number of halogens is 1. The lowest BCUT2D eigenvalue weighted by molar-refractivity contribution is -0.113. The molecule has 0 aliphatic carbocycles. The van der Waals surface area contributed by atoms with E-state index in [1.54, 1.807) is 43.6 Å². The van der Waals surface area contributed by atoms with Gasteiger partial charge in [0.1, 0.15) is 38.9 Å². The summed E-state index contributed by atoms with van der Waals surface area (Å²) in [6.45, 7) is 0.167. The van der Waals surface area contributed by atoms with Crippen molar-refractivity contribution in [3.05, 3.63) is 95.9 Å². The lowest BCUT2D eigenvalue weighted by atomic mass is 9.92. The number of carbonyl (C=O) groups is 1. The number of sulfone groups is 1. The van der Waals surface area contributed by atoms with Gasteiger partial charge in [-0.15, -0.1) is 0 Å². The van der Waals surface area contributed by atoms with Crippen LogP contribution >= 0.6 is 0 Å². The highest BCUT2D eigenvalue weighted by Gasteiger charge is 2.27. The van der Waals surface area contributed by atoms with Crippen LogP contribution in [0.3, 0.4) is 0 Å². The molecule has 0 aliphatic rings. The standard InChI is InChI=1S/C29H32FN3O5S/c1-32-19-26(20-8-5-4-6-9-20)27(31)29(34)28(21-10-12-22(30)13-11-21)33-23-16-24(37-2)18-25(17-23)38-14-7-15-39(3,35)36/h4-6,8-13,16-19,28,31-33H,7,14-15H2,1-3H3/b26-19-,31-27?. The molecule has 39 heavy (non-hydrogen) atoms. The summed E-state index contributed by atoms with van der Waals surface area (Å²) < 4.78 is 47.7. The average molecular weight is 554 g/mol. The maximum atomic E-state index is 13.8. The van der Waals surface area contributed by atoms with Gasteiger partial charge in [-0.3, -0.25) is 10.2 Å². The van der Waals surface area contributed by atoms with Gasteiger partial charge >= 0.3 is 0 Å². The molecule has 1 unspecified atom stereocenters. The third-order valence-electron chi connectivity index (χ3n) is 5.71. The van der Waals surface area contributed by atoms with E-state index in [4.69, 9.17) is 14.9 Å². The molecule has 3 rings (SSSR count). The first-order valence-corrected chi connectivity index (χ1v) is 14.2. The van der Waals surface area contributed by atoms with Gasteiger partial charge in [0.25, 0.3) is 0 Å². The molecule has 206 valence electrons. The molecule has 10 heteroatoms. The first-order valence-electron chi connectivity index (χ1n) is 12.2. The minimum atomic E-state index is -3.11. The molecule has 0 spiro atoms. The number of anilines is 1. The summed E-state index contributed by atoms with van der Waals surface area (Å²) in [6.07, 6.45) is 3.07. The second-order valence-electron chi connectivity index (χ2n) is 8.81. The van der Waals surface area contributed by atoms with E-state index in [1.165, 1.54) is 37.6 Å². The van der Waals surface area contributed by atoms with E-state index >= 15 is 0 Å². The summed E-state index contributed by atoms with van der Waals surface area (Å²) in [7, 11) is 0.0616. The van der Waals surface area contributed by atoms with Crippen molar-refractivity contribution in [2.75, 3.05) is 38.1 Å². The highest BCUT2D eigenvalue weighted by molar-refractivity contribution is 7.90. The van der Waals surface area contributed by atoms with Gasteiger partial charge in [0.05, 0.1) is 19.5 Å². The van der Waals surface area contributed by atoms with Crippen LogP contribution in [0.2, 0.25) is 0 Å². The highest BCUT2D eigenvalue weighted by Crippen LogP contribution is 2.31. The lowest BCUT2D eigenvalue weighted by Crippen LogP contribution is -2.29. The molecule has 3 aromatic rings. The van der Waals surface area contributed by atoms with Crippen molar-refractivity contribution in [1.82, 2.24) is 5.32 Å². The van der Waals surface area contributed by atoms with E-state index in [1.807, 2.05) is 18.2 Å². The van der Waals surface area contributed by atoms with Crippen molar-refractivity contribution < 1.29 is 27.1 Å². The summed E-state index contributed by atoms with van der Waals surface area (Å²) in [5, 5.41) is 14.8. The van der Waals surface area contributed by atoms with Crippen LogP contribution in [-0.4, -0.2) is 52.7 Å². The summed E-state index contributed by atoms with van der Waals surface area (Å²) in [5.41, 5.74) is 1.77. The summed E-state index contributed by atoms with van der Waals surface area (Å²) >= 11 is 0. The molecular formula is C29H32FN3O5S. The van der Waals surface area contributed by atoms with Crippen LogP contribution in [0, 0.1) is 11.2 Å². The van der Waals surface area contributed by atoms with Crippen LogP contribution in [0.25, 0.3) is 5.57 Å². The third-order valence-corrected chi connectivity index (χ3v) is 6.74. The first-order chi connectivity index (χ1) is 18.6. The maximum absolute atomic E-state index is 13.8. The van der Waals surface area contributed by atoms with Crippen molar-refractivity contribution in [3.8, 4) is 11.5 Å². The Hall–Kier alpha value is -4.18. The number of allylic oxidation sites excluding steroid dienone is 1. The Morgan fingerprint density at radius 2 is 1.72 bits per heavy atom. The minimum Gasteiger partial charge on any atom is -0.497 e. The molecule has 3 N–H and O–H groups in total. The van der Waals surface area contributed by atoms with E-state index in [9.17, 15) is 17.6 Å². The van der Waals surface area contributed by atoms with Crippen molar-refractivity contribution in [3.63, 3.8) is 0 Å². The number of Topliss-reactive ketones (excluding diaryl/α,β-unsaturated/α-hetero) is 1. The number of ether oxygens (including phenoxy) is 2. The van der Waals surface area contributed by atoms with Crippen molar-refractivity contribution in [2.24, 2.45) is 0 Å². The molecule has 0 saturated heterocycles. The van der Waals surface area contributed by atoms with Crippen LogP contribution in [0.1, 0.15) is 23.6 Å². The molecule has 0 fully saturated rings. The molecule has 8 nitrogen and oxygen atoms in total. The average Bonchev–Trinajstić information content (AvgIpc) is 2.92. The van der Waals surface area contributed by atoms with Gasteiger partial charge in [0, 0.05) is 49.0 Å². The van der Waals surface area contributed by atoms with Gasteiger partial charge in [0.2, 0.25) is 5.78 Å². The smallest absolute Gasteiger partial charge is 0.207 e. The van der Waals surface area contributed by atoms with Crippen molar-refractivity contribution in [2.45, 2.75) is 12.5 Å². The maximum Gasteiger partial charge on any atom is 0.207 e. The number of nitrogens with one attached hydrogen (secondary N) is 3. The van der Waals surface area contributed by atoms with Gasteiger partial charge in [0.15, 0.2) is 0 Å². The zero-order chi connectivity index (χ0) is 28.4. The van der Waals surface area contributed by atoms with E-state index in [0.717, 1.165) is 0 Å². The fourth-order valence-electron chi connectivity index (χ4n) is 3.83.